The first-order valence-corrected chi connectivity index (χ1v) is 7.11. The van der Waals surface area contributed by atoms with Gasteiger partial charge in [0.05, 0.1) is 17.3 Å². The molecule has 0 radical (unpaired) electrons. The van der Waals surface area contributed by atoms with Gasteiger partial charge in [-0.2, -0.15) is 0 Å². The molecule has 1 saturated heterocycles. The Morgan fingerprint density at radius 1 is 1.05 bits per heavy atom. The predicted octanol–water partition coefficient (Wildman–Crippen LogP) is 3.95. The van der Waals surface area contributed by atoms with E-state index in [4.69, 9.17) is 4.98 Å². The van der Waals surface area contributed by atoms with Crippen LogP contribution >= 0.6 is 0 Å². The number of hydrogen-bond acceptors (Lipinski definition) is 2. The fraction of sp³-hybridized carbons (Fsp3) is 0.353. The fourth-order valence-electron chi connectivity index (χ4n) is 2.90. The number of piperidine rings is 1. The van der Waals surface area contributed by atoms with Crippen molar-refractivity contribution in [3.05, 3.63) is 54.7 Å². The van der Waals surface area contributed by atoms with Crippen molar-refractivity contribution in [1.29, 1.82) is 0 Å². The van der Waals surface area contributed by atoms with Crippen LogP contribution in [0.2, 0.25) is 0 Å². The van der Waals surface area contributed by atoms with Crippen LogP contribution in [0.1, 0.15) is 31.0 Å². The topological polar surface area (TPSA) is 16.1 Å². The van der Waals surface area contributed by atoms with Gasteiger partial charge in [0.25, 0.3) is 0 Å². The van der Waals surface area contributed by atoms with Gasteiger partial charge in [0.2, 0.25) is 0 Å². The second kappa shape index (κ2) is 5.54. The van der Waals surface area contributed by atoms with Crippen LogP contribution in [0.4, 0.5) is 0 Å². The summed E-state index contributed by atoms with van der Waals surface area (Å²) >= 11 is 0. The van der Waals surface area contributed by atoms with Crippen molar-refractivity contribution in [3.63, 3.8) is 0 Å². The molecule has 0 N–H and O–H groups in total. The molecular weight excluding hydrogens is 232 g/mol. The number of nitrogens with zero attached hydrogens (tertiary/aromatic N) is 2. The Kier molecular flexibility index (Phi) is 3.60. The van der Waals surface area contributed by atoms with Gasteiger partial charge in [-0.15, -0.1) is 6.58 Å². The maximum absolute atomic E-state index is 4.81. The molecule has 3 rings (SSSR count). The molecule has 2 nitrogen and oxygen atoms in total. The Labute approximate surface area is 114 Å². The van der Waals surface area contributed by atoms with Gasteiger partial charge in [-0.05, 0) is 38.1 Å². The van der Waals surface area contributed by atoms with Gasteiger partial charge in [0.15, 0.2) is 0 Å². The number of aromatic nitrogens is 1. The lowest BCUT2D eigenvalue weighted by Crippen LogP contribution is -2.33. The molecule has 19 heavy (non-hydrogen) atoms. The number of para-hydroxylation sites is 1. The summed E-state index contributed by atoms with van der Waals surface area (Å²) in [5.41, 5.74) is 2.19. The largest absolute Gasteiger partial charge is 0.292 e. The van der Waals surface area contributed by atoms with E-state index in [9.17, 15) is 0 Å². The van der Waals surface area contributed by atoms with Gasteiger partial charge >= 0.3 is 0 Å². The number of benzene rings is 1. The van der Waals surface area contributed by atoms with Gasteiger partial charge < -0.3 is 0 Å². The first-order chi connectivity index (χ1) is 9.38. The molecule has 0 bridgehead atoms. The summed E-state index contributed by atoms with van der Waals surface area (Å²) in [4.78, 5) is 7.30. The van der Waals surface area contributed by atoms with Crippen molar-refractivity contribution < 1.29 is 0 Å². The summed E-state index contributed by atoms with van der Waals surface area (Å²) in [6.07, 6.45) is 5.96. The van der Waals surface area contributed by atoms with Crippen molar-refractivity contribution in [2.45, 2.75) is 25.3 Å². The van der Waals surface area contributed by atoms with Crippen molar-refractivity contribution in [1.82, 2.24) is 9.88 Å². The van der Waals surface area contributed by atoms with Crippen LogP contribution in [0.25, 0.3) is 10.9 Å². The van der Waals surface area contributed by atoms with Crippen LogP contribution in [-0.4, -0.2) is 23.0 Å². The van der Waals surface area contributed by atoms with Gasteiger partial charge in [0, 0.05) is 5.39 Å². The molecular formula is C17H20N2. The zero-order chi connectivity index (χ0) is 13.1. The van der Waals surface area contributed by atoms with E-state index in [0.717, 1.165) is 24.3 Å². The Morgan fingerprint density at radius 3 is 2.63 bits per heavy atom. The maximum atomic E-state index is 4.81. The molecule has 0 saturated carbocycles. The first kappa shape index (κ1) is 12.4. The molecule has 2 heteroatoms. The summed E-state index contributed by atoms with van der Waals surface area (Å²) in [7, 11) is 0. The molecule has 1 unspecified atom stereocenters. The summed E-state index contributed by atoms with van der Waals surface area (Å²) in [6, 6.07) is 12.8. The van der Waals surface area contributed by atoms with Crippen molar-refractivity contribution >= 4 is 10.9 Å². The third-order valence-corrected chi connectivity index (χ3v) is 3.93. The highest BCUT2D eigenvalue weighted by Crippen LogP contribution is 2.25. The second-order valence-electron chi connectivity index (χ2n) is 5.21. The van der Waals surface area contributed by atoms with Crippen molar-refractivity contribution in [3.8, 4) is 0 Å². The summed E-state index contributed by atoms with van der Waals surface area (Å²) in [5, 5.41) is 1.20. The highest BCUT2D eigenvalue weighted by Gasteiger charge is 2.20. The molecule has 1 aliphatic rings. The van der Waals surface area contributed by atoms with E-state index in [1.54, 1.807) is 0 Å². The average molecular weight is 252 g/mol. The van der Waals surface area contributed by atoms with Crippen molar-refractivity contribution in [2.24, 2.45) is 0 Å². The molecule has 1 aromatic heterocycles. The van der Waals surface area contributed by atoms with Crippen LogP contribution in [0.3, 0.4) is 0 Å². The monoisotopic (exact) mass is 252 g/mol. The van der Waals surface area contributed by atoms with Gasteiger partial charge in [0.1, 0.15) is 0 Å². The lowest BCUT2D eigenvalue weighted by molar-refractivity contribution is 0.190. The molecule has 1 atom stereocenters. The lowest BCUT2D eigenvalue weighted by atomic mass is 10.0. The highest BCUT2D eigenvalue weighted by atomic mass is 15.2. The minimum Gasteiger partial charge on any atom is -0.292 e. The SMILES string of the molecule is C=CC(c1ccc2ccccc2n1)N1CCCCC1. The normalized spacial score (nSPS) is 18.3. The standard InChI is InChI=1S/C17H20N2/c1-2-17(19-12-6-3-7-13-19)16-11-10-14-8-4-5-9-15(14)18-16/h2,4-5,8-11,17H,1,3,6-7,12-13H2. The molecule has 98 valence electrons. The smallest absolute Gasteiger partial charge is 0.0706 e. The van der Waals surface area contributed by atoms with Crippen LogP contribution in [0, 0.1) is 0 Å². The number of fused-ring (bicyclic) bond motifs is 1. The molecule has 1 aromatic carbocycles. The number of pyridine rings is 1. The molecule has 1 fully saturated rings. The minimum atomic E-state index is 0.255. The molecule has 1 aliphatic heterocycles. The zero-order valence-corrected chi connectivity index (χ0v) is 11.3. The summed E-state index contributed by atoms with van der Waals surface area (Å²) < 4.78 is 0. The second-order valence-corrected chi connectivity index (χ2v) is 5.21. The quantitative estimate of drug-likeness (QED) is 0.769. The van der Waals surface area contributed by atoms with Crippen LogP contribution in [0.5, 0.6) is 0 Å². The Balaban J connectivity index is 1.93. The van der Waals surface area contributed by atoms with Gasteiger partial charge in [-0.3, -0.25) is 9.88 Å². The van der Waals surface area contributed by atoms with Crippen molar-refractivity contribution in [2.75, 3.05) is 13.1 Å². The maximum Gasteiger partial charge on any atom is 0.0706 e. The molecule has 0 spiro atoms. The Morgan fingerprint density at radius 2 is 1.84 bits per heavy atom. The van der Waals surface area contributed by atoms with Crippen LogP contribution < -0.4 is 0 Å². The Hall–Kier alpha value is -1.67. The van der Waals surface area contributed by atoms with Gasteiger partial charge in [-0.1, -0.05) is 36.8 Å². The van der Waals surface area contributed by atoms with Gasteiger partial charge in [-0.25, -0.2) is 0 Å². The van der Waals surface area contributed by atoms with Crippen LogP contribution in [-0.2, 0) is 0 Å². The van der Waals surface area contributed by atoms with E-state index in [1.165, 1.54) is 24.6 Å². The summed E-state index contributed by atoms with van der Waals surface area (Å²) in [6.45, 7) is 6.33. The molecule has 0 aliphatic carbocycles. The third kappa shape index (κ3) is 2.54. The lowest BCUT2D eigenvalue weighted by Gasteiger charge is -2.32. The van der Waals surface area contributed by atoms with E-state index in [-0.39, 0.29) is 6.04 Å². The summed E-state index contributed by atoms with van der Waals surface area (Å²) in [5.74, 6) is 0. The van der Waals surface area contributed by atoms with Crippen LogP contribution in [0.15, 0.2) is 49.1 Å². The minimum absolute atomic E-state index is 0.255. The third-order valence-electron chi connectivity index (χ3n) is 3.93. The van der Waals surface area contributed by atoms with E-state index >= 15 is 0 Å². The first-order valence-electron chi connectivity index (χ1n) is 7.11. The molecule has 2 heterocycles. The highest BCUT2D eigenvalue weighted by molar-refractivity contribution is 5.78. The number of hydrogen-bond donors (Lipinski definition) is 0. The van der Waals surface area contributed by atoms with E-state index in [0.29, 0.717) is 0 Å². The number of rotatable bonds is 3. The molecule has 2 aromatic rings. The number of likely N-dealkylation sites (tertiary alicyclic amines) is 1. The fourth-order valence-corrected chi connectivity index (χ4v) is 2.90. The van der Waals surface area contributed by atoms with E-state index in [2.05, 4.69) is 41.8 Å². The Bertz CT molecular complexity index is 570. The average Bonchev–Trinajstić information content (AvgIpc) is 2.49. The predicted molar refractivity (Wildman–Crippen MR) is 80.1 cm³/mol. The van der Waals surface area contributed by atoms with E-state index in [1.807, 2.05) is 12.1 Å². The zero-order valence-electron chi connectivity index (χ0n) is 11.3. The van der Waals surface area contributed by atoms with E-state index < -0.39 is 0 Å². The molecule has 0 amide bonds.